The van der Waals surface area contributed by atoms with E-state index in [4.69, 9.17) is 4.42 Å². The molecule has 0 fully saturated rings. The largest absolute Gasteiger partial charge is 0.463 e. The first-order chi connectivity index (χ1) is 8.58. The second-order valence-corrected chi connectivity index (χ2v) is 3.98. The van der Waals surface area contributed by atoms with E-state index in [1.54, 1.807) is 32.3 Å². The number of furan rings is 1. The van der Waals surface area contributed by atoms with Gasteiger partial charge >= 0.3 is 0 Å². The molecular formula is C12H13N3O3. The molecule has 0 bridgehead atoms. The van der Waals surface area contributed by atoms with Crippen LogP contribution in [-0.4, -0.2) is 34.7 Å². The summed E-state index contributed by atoms with van der Waals surface area (Å²) in [6, 6.07) is 6.41. The molecule has 0 spiro atoms. The fourth-order valence-electron chi connectivity index (χ4n) is 1.39. The first kappa shape index (κ1) is 12.1. The van der Waals surface area contributed by atoms with Gasteiger partial charge in [-0.3, -0.25) is 9.59 Å². The maximum atomic E-state index is 11.6. The summed E-state index contributed by atoms with van der Waals surface area (Å²) in [5.41, 5.74) is 0.201. The lowest BCUT2D eigenvalue weighted by Crippen LogP contribution is -2.32. The van der Waals surface area contributed by atoms with Crippen LogP contribution in [0, 0.1) is 0 Å². The van der Waals surface area contributed by atoms with Crippen LogP contribution in [-0.2, 0) is 11.3 Å². The minimum absolute atomic E-state index is 0.0830. The van der Waals surface area contributed by atoms with Crippen molar-refractivity contribution in [2.45, 2.75) is 6.54 Å². The number of nitrogens with zero attached hydrogens (tertiary/aromatic N) is 3. The molecule has 6 heteroatoms. The highest BCUT2D eigenvalue weighted by Gasteiger charge is 2.10. The van der Waals surface area contributed by atoms with Crippen LogP contribution in [0.15, 0.2) is 39.7 Å². The van der Waals surface area contributed by atoms with Gasteiger partial charge in [0, 0.05) is 20.2 Å². The molecule has 2 rings (SSSR count). The van der Waals surface area contributed by atoms with E-state index in [9.17, 15) is 9.59 Å². The fraction of sp³-hybridized carbons (Fsp3) is 0.250. The molecule has 0 radical (unpaired) electrons. The van der Waals surface area contributed by atoms with E-state index in [-0.39, 0.29) is 18.0 Å². The Hall–Kier alpha value is -2.37. The van der Waals surface area contributed by atoms with Gasteiger partial charge in [-0.15, -0.1) is 0 Å². The molecule has 0 N–H and O–H groups in total. The Morgan fingerprint density at radius 1 is 1.39 bits per heavy atom. The van der Waals surface area contributed by atoms with Crippen molar-refractivity contribution in [2.75, 3.05) is 14.1 Å². The first-order valence-electron chi connectivity index (χ1n) is 5.40. The van der Waals surface area contributed by atoms with Gasteiger partial charge in [-0.2, -0.15) is 5.10 Å². The predicted molar refractivity (Wildman–Crippen MR) is 64.9 cm³/mol. The van der Waals surface area contributed by atoms with Gasteiger partial charge in [0.2, 0.25) is 5.91 Å². The van der Waals surface area contributed by atoms with Crippen molar-refractivity contribution in [1.29, 1.82) is 0 Å². The molecule has 0 saturated carbocycles. The van der Waals surface area contributed by atoms with Crippen LogP contribution >= 0.6 is 0 Å². The van der Waals surface area contributed by atoms with Gasteiger partial charge in [0.1, 0.15) is 12.2 Å². The Morgan fingerprint density at radius 2 is 2.17 bits per heavy atom. The minimum atomic E-state index is -0.319. The number of carbonyl (C=O) groups excluding carboxylic acids is 1. The molecule has 0 atom stereocenters. The van der Waals surface area contributed by atoms with Crippen molar-refractivity contribution < 1.29 is 9.21 Å². The summed E-state index contributed by atoms with van der Waals surface area (Å²) in [6.07, 6.45) is 1.53. The number of rotatable bonds is 3. The van der Waals surface area contributed by atoms with Gasteiger partial charge in [0.05, 0.1) is 6.26 Å². The van der Waals surface area contributed by atoms with E-state index >= 15 is 0 Å². The van der Waals surface area contributed by atoms with Crippen molar-refractivity contribution in [1.82, 2.24) is 14.7 Å². The molecule has 0 saturated heterocycles. The summed E-state index contributed by atoms with van der Waals surface area (Å²) in [7, 11) is 3.26. The lowest BCUT2D eigenvalue weighted by molar-refractivity contribution is -0.129. The number of likely N-dealkylation sites (N-methyl/N-ethyl adjacent to an activating group) is 1. The van der Waals surface area contributed by atoms with Gasteiger partial charge in [0.15, 0.2) is 5.76 Å². The molecule has 94 valence electrons. The summed E-state index contributed by atoms with van der Waals surface area (Å²) in [6.45, 7) is -0.0830. The number of carbonyl (C=O) groups is 1. The maximum absolute atomic E-state index is 11.6. The second kappa shape index (κ2) is 4.87. The van der Waals surface area contributed by atoms with Gasteiger partial charge in [-0.05, 0) is 18.2 Å². The molecule has 0 aliphatic heterocycles. The van der Waals surface area contributed by atoms with E-state index in [1.165, 1.54) is 17.2 Å². The highest BCUT2D eigenvalue weighted by molar-refractivity contribution is 5.75. The molecule has 2 aromatic rings. The average molecular weight is 247 g/mol. The fourth-order valence-corrected chi connectivity index (χ4v) is 1.39. The molecule has 0 aliphatic rings. The van der Waals surface area contributed by atoms with Crippen molar-refractivity contribution >= 4 is 5.91 Å². The monoisotopic (exact) mass is 247 g/mol. The normalized spacial score (nSPS) is 10.3. The molecule has 6 nitrogen and oxygen atoms in total. The van der Waals surface area contributed by atoms with Crippen LogP contribution in [0.4, 0.5) is 0 Å². The third-order valence-electron chi connectivity index (χ3n) is 2.42. The molecule has 0 unspecified atom stereocenters. The zero-order valence-electron chi connectivity index (χ0n) is 10.2. The van der Waals surface area contributed by atoms with Gasteiger partial charge in [-0.25, -0.2) is 4.68 Å². The van der Waals surface area contributed by atoms with Crippen molar-refractivity contribution in [3.8, 4) is 11.5 Å². The molecular weight excluding hydrogens is 234 g/mol. The van der Waals surface area contributed by atoms with Crippen LogP contribution in [0.5, 0.6) is 0 Å². The van der Waals surface area contributed by atoms with Crippen molar-refractivity contribution in [3.05, 3.63) is 40.9 Å². The molecule has 0 aromatic carbocycles. The summed E-state index contributed by atoms with van der Waals surface area (Å²) in [5, 5.41) is 4.10. The van der Waals surface area contributed by atoms with Crippen molar-refractivity contribution in [2.24, 2.45) is 0 Å². The van der Waals surface area contributed by atoms with Gasteiger partial charge in [0.25, 0.3) is 5.56 Å². The molecule has 18 heavy (non-hydrogen) atoms. The zero-order chi connectivity index (χ0) is 13.1. The Balaban J connectivity index is 2.33. The Kier molecular flexibility index (Phi) is 3.27. The molecule has 1 amide bonds. The number of aromatic nitrogens is 2. The number of hydrogen-bond donors (Lipinski definition) is 0. The van der Waals surface area contributed by atoms with Crippen LogP contribution in [0.25, 0.3) is 11.5 Å². The Bertz CT molecular complexity index is 599. The standard InChI is InChI=1S/C12H13N3O3/c1-14(2)12(17)8-15-11(16)6-5-9(13-15)10-4-3-7-18-10/h3-7H,8H2,1-2H3. The number of hydrogen-bond acceptors (Lipinski definition) is 4. The van der Waals surface area contributed by atoms with E-state index in [2.05, 4.69) is 5.10 Å². The smallest absolute Gasteiger partial charge is 0.267 e. The third-order valence-corrected chi connectivity index (χ3v) is 2.42. The van der Waals surface area contributed by atoms with Gasteiger partial charge in [-0.1, -0.05) is 0 Å². The average Bonchev–Trinajstić information content (AvgIpc) is 2.85. The third kappa shape index (κ3) is 2.48. The molecule has 0 aliphatic carbocycles. The number of amides is 1. The lowest BCUT2D eigenvalue weighted by Gasteiger charge is -2.11. The van der Waals surface area contributed by atoms with E-state index in [0.29, 0.717) is 11.5 Å². The van der Waals surface area contributed by atoms with E-state index in [0.717, 1.165) is 4.68 Å². The highest BCUT2D eigenvalue weighted by Crippen LogP contribution is 2.14. The summed E-state index contributed by atoms with van der Waals surface area (Å²) >= 11 is 0. The molecule has 2 heterocycles. The van der Waals surface area contributed by atoms with Crippen LogP contribution < -0.4 is 5.56 Å². The summed E-state index contributed by atoms with van der Waals surface area (Å²) < 4.78 is 6.32. The summed E-state index contributed by atoms with van der Waals surface area (Å²) in [5.74, 6) is 0.363. The quantitative estimate of drug-likeness (QED) is 0.796. The minimum Gasteiger partial charge on any atom is -0.463 e. The van der Waals surface area contributed by atoms with E-state index in [1.807, 2.05) is 0 Å². The SMILES string of the molecule is CN(C)C(=O)Cn1nc(-c2ccco2)ccc1=O. The van der Waals surface area contributed by atoms with Crippen LogP contribution in [0.1, 0.15) is 0 Å². The van der Waals surface area contributed by atoms with E-state index < -0.39 is 0 Å². The zero-order valence-corrected chi connectivity index (χ0v) is 10.2. The predicted octanol–water partition coefficient (Wildman–Crippen LogP) is 0.591. The van der Waals surface area contributed by atoms with Crippen molar-refractivity contribution in [3.63, 3.8) is 0 Å². The highest BCUT2D eigenvalue weighted by atomic mass is 16.3. The lowest BCUT2D eigenvalue weighted by atomic mass is 10.3. The maximum Gasteiger partial charge on any atom is 0.267 e. The van der Waals surface area contributed by atoms with Gasteiger partial charge < -0.3 is 9.32 Å². The first-order valence-corrected chi connectivity index (χ1v) is 5.40. The second-order valence-electron chi connectivity index (χ2n) is 3.98. The summed E-state index contributed by atoms with van der Waals surface area (Å²) in [4.78, 5) is 24.6. The van der Waals surface area contributed by atoms with Crippen LogP contribution in [0.2, 0.25) is 0 Å². The van der Waals surface area contributed by atoms with Crippen LogP contribution in [0.3, 0.4) is 0 Å². The Labute approximate surface area is 103 Å². The molecule has 2 aromatic heterocycles. The topological polar surface area (TPSA) is 68.3 Å². The Morgan fingerprint density at radius 3 is 2.78 bits per heavy atom.